The maximum absolute atomic E-state index is 12.4. The number of carbonyl (C=O) groups is 1. The van der Waals surface area contributed by atoms with E-state index in [1.807, 2.05) is 0 Å². The fourth-order valence-electron chi connectivity index (χ4n) is 1.63. The van der Waals surface area contributed by atoms with Crippen LogP contribution in [-0.2, 0) is 19.6 Å². The molecule has 0 atom stereocenters. The summed E-state index contributed by atoms with van der Waals surface area (Å²) in [6.45, 7) is 2.36. The minimum Gasteiger partial charge on any atom is -0.383 e. The van der Waals surface area contributed by atoms with Gasteiger partial charge in [0.1, 0.15) is 0 Å². The quantitative estimate of drug-likeness (QED) is 0.723. The molecule has 0 saturated carbocycles. The molecule has 118 valence electrons. The minimum atomic E-state index is -3.71. The van der Waals surface area contributed by atoms with Gasteiger partial charge in [-0.15, -0.1) is 0 Å². The number of carbonyl (C=O) groups excluding carboxylic acids is 1. The molecule has 0 radical (unpaired) electrons. The number of benzene rings is 1. The number of rotatable bonds is 8. The van der Waals surface area contributed by atoms with Crippen LogP contribution >= 0.6 is 11.6 Å². The normalized spacial score (nSPS) is 11.6. The Morgan fingerprint density at radius 2 is 1.95 bits per heavy atom. The van der Waals surface area contributed by atoms with Crippen LogP contribution in [0, 0.1) is 0 Å². The number of nitrogens with one attached hydrogen (secondary N) is 1. The molecule has 0 aromatic heterocycles. The van der Waals surface area contributed by atoms with Gasteiger partial charge in [0.25, 0.3) is 0 Å². The number of methoxy groups -OCH3 is 1. The Labute approximate surface area is 130 Å². The molecule has 0 aliphatic heterocycles. The van der Waals surface area contributed by atoms with Gasteiger partial charge in [-0.25, -0.2) is 8.42 Å². The second-order valence-electron chi connectivity index (χ2n) is 4.23. The second kappa shape index (κ2) is 8.33. The molecule has 0 saturated heterocycles. The lowest BCUT2D eigenvalue weighted by Crippen LogP contribution is -2.41. The highest BCUT2D eigenvalue weighted by Crippen LogP contribution is 2.18. The van der Waals surface area contributed by atoms with E-state index in [1.165, 1.54) is 31.4 Å². The van der Waals surface area contributed by atoms with Gasteiger partial charge in [0, 0.05) is 25.2 Å². The maximum atomic E-state index is 12.4. The van der Waals surface area contributed by atoms with Crippen LogP contribution in [0.5, 0.6) is 0 Å². The molecule has 1 amide bonds. The van der Waals surface area contributed by atoms with E-state index in [1.54, 1.807) is 6.92 Å². The summed E-state index contributed by atoms with van der Waals surface area (Å²) in [7, 11) is -2.19. The molecule has 0 unspecified atom stereocenters. The first-order valence-corrected chi connectivity index (χ1v) is 8.25. The van der Waals surface area contributed by atoms with Crippen LogP contribution in [0.4, 0.5) is 0 Å². The summed E-state index contributed by atoms with van der Waals surface area (Å²) in [5.41, 5.74) is 0. The van der Waals surface area contributed by atoms with Crippen molar-refractivity contribution in [1.29, 1.82) is 0 Å². The number of hydrogen-bond acceptors (Lipinski definition) is 4. The molecule has 0 bridgehead atoms. The molecule has 1 aromatic carbocycles. The SMILES string of the molecule is CCN(CC(=O)NCCOC)S(=O)(=O)c1ccc(Cl)cc1. The van der Waals surface area contributed by atoms with Gasteiger partial charge in [0.05, 0.1) is 18.0 Å². The smallest absolute Gasteiger partial charge is 0.243 e. The van der Waals surface area contributed by atoms with E-state index in [9.17, 15) is 13.2 Å². The van der Waals surface area contributed by atoms with E-state index in [-0.39, 0.29) is 23.9 Å². The average molecular weight is 335 g/mol. The second-order valence-corrected chi connectivity index (χ2v) is 6.60. The van der Waals surface area contributed by atoms with E-state index < -0.39 is 10.0 Å². The first-order chi connectivity index (χ1) is 9.91. The van der Waals surface area contributed by atoms with Crippen molar-refractivity contribution in [3.8, 4) is 0 Å². The molecule has 1 rings (SSSR count). The number of likely N-dealkylation sites (N-methyl/N-ethyl adjacent to an activating group) is 1. The zero-order chi connectivity index (χ0) is 15.9. The molecule has 21 heavy (non-hydrogen) atoms. The maximum Gasteiger partial charge on any atom is 0.243 e. The lowest BCUT2D eigenvalue weighted by molar-refractivity contribution is -0.121. The fourth-order valence-corrected chi connectivity index (χ4v) is 3.16. The van der Waals surface area contributed by atoms with Crippen LogP contribution < -0.4 is 5.32 Å². The Morgan fingerprint density at radius 3 is 2.48 bits per heavy atom. The molecule has 6 nitrogen and oxygen atoms in total. The van der Waals surface area contributed by atoms with Gasteiger partial charge >= 0.3 is 0 Å². The van der Waals surface area contributed by atoms with Crippen LogP contribution in [0.3, 0.4) is 0 Å². The predicted octanol–water partition coefficient (Wildman–Crippen LogP) is 1.11. The number of sulfonamides is 1. The first kappa shape index (κ1) is 17.9. The summed E-state index contributed by atoms with van der Waals surface area (Å²) in [6.07, 6.45) is 0. The van der Waals surface area contributed by atoms with E-state index >= 15 is 0 Å². The monoisotopic (exact) mass is 334 g/mol. The lowest BCUT2D eigenvalue weighted by atomic mass is 10.4. The number of ether oxygens (including phenoxy) is 1. The Balaban J connectivity index is 2.78. The zero-order valence-corrected chi connectivity index (χ0v) is 13.6. The highest BCUT2D eigenvalue weighted by Gasteiger charge is 2.24. The van der Waals surface area contributed by atoms with Gasteiger partial charge in [-0.2, -0.15) is 4.31 Å². The summed E-state index contributed by atoms with van der Waals surface area (Å²) in [5, 5.41) is 3.04. The van der Waals surface area contributed by atoms with Crippen molar-refractivity contribution in [2.45, 2.75) is 11.8 Å². The number of hydrogen-bond donors (Lipinski definition) is 1. The largest absolute Gasteiger partial charge is 0.383 e. The molecule has 0 spiro atoms. The van der Waals surface area contributed by atoms with Gasteiger partial charge in [-0.1, -0.05) is 18.5 Å². The first-order valence-electron chi connectivity index (χ1n) is 6.43. The van der Waals surface area contributed by atoms with Crippen LogP contribution in [0.1, 0.15) is 6.92 Å². The van der Waals surface area contributed by atoms with Crippen LogP contribution in [0.15, 0.2) is 29.2 Å². The standard InChI is InChI=1S/C13H19ClN2O4S/c1-3-16(10-13(17)15-8-9-20-2)21(18,19)12-6-4-11(14)5-7-12/h4-7H,3,8-10H2,1-2H3,(H,15,17). The highest BCUT2D eigenvalue weighted by molar-refractivity contribution is 7.89. The van der Waals surface area contributed by atoms with Gasteiger partial charge < -0.3 is 10.1 Å². The van der Waals surface area contributed by atoms with E-state index in [4.69, 9.17) is 16.3 Å². The van der Waals surface area contributed by atoms with Crippen molar-refractivity contribution in [2.24, 2.45) is 0 Å². The van der Waals surface area contributed by atoms with Crippen molar-refractivity contribution < 1.29 is 17.9 Å². The summed E-state index contributed by atoms with van der Waals surface area (Å²) in [5.74, 6) is -0.369. The van der Waals surface area contributed by atoms with Crippen LogP contribution in [0.25, 0.3) is 0 Å². The average Bonchev–Trinajstić information content (AvgIpc) is 2.45. The van der Waals surface area contributed by atoms with Gasteiger partial charge in [0.15, 0.2) is 0 Å². The van der Waals surface area contributed by atoms with Crippen molar-refractivity contribution in [1.82, 2.24) is 9.62 Å². The summed E-state index contributed by atoms with van der Waals surface area (Å²) in [6, 6.07) is 5.84. The molecular formula is C13H19ClN2O4S. The Morgan fingerprint density at radius 1 is 1.33 bits per heavy atom. The molecular weight excluding hydrogens is 316 g/mol. The highest BCUT2D eigenvalue weighted by atomic mass is 35.5. The van der Waals surface area contributed by atoms with E-state index in [0.717, 1.165) is 4.31 Å². The van der Waals surface area contributed by atoms with Crippen molar-refractivity contribution in [3.63, 3.8) is 0 Å². The third kappa shape index (κ3) is 5.28. The molecule has 0 heterocycles. The minimum absolute atomic E-state index is 0.110. The van der Waals surface area contributed by atoms with Crippen molar-refractivity contribution >= 4 is 27.5 Å². The van der Waals surface area contributed by atoms with Crippen LogP contribution in [-0.4, -0.2) is 52.0 Å². The van der Waals surface area contributed by atoms with Gasteiger partial charge in [-0.05, 0) is 24.3 Å². The predicted molar refractivity (Wildman–Crippen MR) is 80.8 cm³/mol. The molecule has 1 N–H and O–H groups in total. The third-order valence-corrected chi connectivity index (χ3v) is 4.94. The van der Waals surface area contributed by atoms with Crippen molar-refractivity contribution in [2.75, 3.05) is 33.4 Å². The zero-order valence-electron chi connectivity index (χ0n) is 12.0. The number of halogens is 1. The topological polar surface area (TPSA) is 75.7 Å². The molecule has 0 fully saturated rings. The van der Waals surface area contributed by atoms with Gasteiger partial charge in [0.2, 0.25) is 15.9 Å². The number of amides is 1. The third-order valence-electron chi connectivity index (χ3n) is 2.75. The van der Waals surface area contributed by atoms with Crippen molar-refractivity contribution in [3.05, 3.63) is 29.3 Å². The van der Waals surface area contributed by atoms with Crippen LogP contribution in [0.2, 0.25) is 5.02 Å². The van der Waals surface area contributed by atoms with Gasteiger partial charge in [-0.3, -0.25) is 4.79 Å². The lowest BCUT2D eigenvalue weighted by Gasteiger charge is -2.20. The Kier molecular flexibility index (Phi) is 7.10. The molecule has 8 heteroatoms. The molecule has 1 aromatic rings. The molecule has 0 aliphatic rings. The number of nitrogens with zero attached hydrogens (tertiary/aromatic N) is 1. The summed E-state index contributed by atoms with van der Waals surface area (Å²) < 4.78 is 30.8. The molecule has 0 aliphatic carbocycles. The van der Waals surface area contributed by atoms with E-state index in [2.05, 4.69) is 5.32 Å². The van der Waals surface area contributed by atoms with E-state index in [0.29, 0.717) is 18.2 Å². The Hall–Kier alpha value is -1.15. The summed E-state index contributed by atoms with van der Waals surface area (Å²) >= 11 is 5.75. The fraction of sp³-hybridized carbons (Fsp3) is 0.462. The summed E-state index contributed by atoms with van der Waals surface area (Å²) in [4.78, 5) is 11.8. The Bertz CT molecular complexity index is 560.